The molecule has 30 heavy (non-hydrogen) atoms. The largest absolute Gasteiger partial charge is 0.306 e. The summed E-state index contributed by atoms with van der Waals surface area (Å²) in [6, 6.07) is 29.4. The first kappa shape index (κ1) is 20.6. The lowest BCUT2D eigenvalue weighted by Gasteiger charge is -2.24. The van der Waals surface area contributed by atoms with E-state index in [1.165, 1.54) is 46.2 Å². The normalized spacial score (nSPS) is 14.0. The molecule has 154 valence electrons. The van der Waals surface area contributed by atoms with E-state index < -0.39 is 0 Å². The zero-order chi connectivity index (χ0) is 20.8. The maximum atomic E-state index is 2.51. The Morgan fingerprint density at radius 3 is 1.93 bits per heavy atom. The Hall–Kier alpha value is -2.64. The van der Waals surface area contributed by atoms with Crippen LogP contribution in [-0.4, -0.2) is 25.0 Å². The fraction of sp³-hybridized carbons (Fsp3) is 0.310. The van der Waals surface area contributed by atoms with Gasteiger partial charge in [0.1, 0.15) is 0 Å². The highest BCUT2D eigenvalue weighted by atomic mass is 15.1. The minimum atomic E-state index is 0.559. The van der Waals surface area contributed by atoms with Crippen LogP contribution in [0.5, 0.6) is 0 Å². The minimum absolute atomic E-state index is 0.559. The molecule has 0 radical (unpaired) electrons. The van der Waals surface area contributed by atoms with Gasteiger partial charge in [-0.3, -0.25) is 0 Å². The maximum absolute atomic E-state index is 2.51. The van der Waals surface area contributed by atoms with E-state index in [1.54, 1.807) is 0 Å². The van der Waals surface area contributed by atoms with Gasteiger partial charge in [0.05, 0.1) is 0 Å². The Morgan fingerprint density at radius 1 is 0.767 bits per heavy atom. The van der Waals surface area contributed by atoms with Crippen molar-refractivity contribution >= 4 is 5.57 Å². The molecular weight excluding hydrogens is 362 g/mol. The van der Waals surface area contributed by atoms with Crippen LogP contribution in [0, 0.1) is 0 Å². The molecule has 0 aromatic heterocycles. The van der Waals surface area contributed by atoms with E-state index >= 15 is 0 Å². The van der Waals surface area contributed by atoms with Gasteiger partial charge in [-0.1, -0.05) is 84.9 Å². The van der Waals surface area contributed by atoms with Crippen LogP contribution in [0.1, 0.15) is 47.1 Å². The molecule has 0 N–H and O–H groups in total. The topological polar surface area (TPSA) is 3.24 Å². The molecule has 0 fully saturated rings. The lowest BCUT2D eigenvalue weighted by molar-refractivity contribution is 0.276. The Kier molecular flexibility index (Phi) is 6.81. The number of fused-ring (bicyclic) bond motifs is 2. The van der Waals surface area contributed by atoms with Crippen molar-refractivity contribution in [2.75, 3.05) is 14.1 Å². The molecule has 3 aromatic rings. The summed E-state index contributed by atoms with van der Waals surface area (Å²) < 4.78 is 0. The van der Waals surface area contributed by atoms with Crippen LogP contribution in [0.3, 0.4) is 0 Å². The molecular formula is C29H33N. The SMILES string of the molecule is CN(C)C(CC=C1c2ccccc2CCc2ccccc21)CCCc1ccccc1. The van der Waals surface area contributed by atoms with Gasteiger partial charge in [-0.25, -0.2) is 0 Å². The zero-order valence-corrected chi connectivity index (χ0v) is 18.4. The lowest BCUT2D eigenvalue weighted by atomic mass is 9.92. The lowest BCUT2D eigenvalue weighted by Crippen LogP contribution is -2.27. The summed E-state index contributed by atoms with van der Waals surface area (Å²) in [4.78, 5) is 2.40. The third-order valence-corrected chi connectivity index (χ3v) is 6.45. The second-order valence-electron chi connectivity index (χ2n) is 8.66. The number of rotatable bonds is 7. The average Bonchev–Trinajstić information content (AvgIpc) is 2.94. The zero-order valence-electron chi connectivity index (χ0n) is 18.4. The number of hydrogen-bond acceptors (Lipinski definition) is 1. The first-order chi connectivity index (χ1) is 14.7. The molecule has 1 aliphatic rings. The molecule has 1 nitrogen and oxygen atoms in total. The summed E-state index contributed by atoms with van der Waals surface area (Å²) in [5.74, 6) is 0. The quantitative estimate of drug-likeness (QED) is 0.438. The number of hydrogen-bond donors (Lipinski definition) is 0. The highest BCUT2D eigenvalue weighted by molar-refractivity contribution is 5.83. The van der Waals surface area contributed by atoms with E-state index in [2.05, 4.69) is 104 Å². The second-order valence-corrected chi connectivity index (χ2v) is 8.66. The molecule has 3 aromatic carbocycles. The van der Waals surface area contributed by atoms with Gasteiger partial charge in [0.15, 0.2) is 0 Å². The molecule has 0 amide bonds. The maximum Gasteiger partial charge on any atom is 0.0124 e. The summed E-state index contributed by atoms with van der Waals surface area (Å²) in [5.41, 5.74) is 8.66. The highest BCUT2D eigenvalue weighted by Crippen LogP contribution is 2.34. The molecule has 0 saturated heterocycles. The van der Waals surface area contributed by atoms with E-state index in [1.807, 2.05) is 0 Å². The van der Waals surface area contributed by atoms with Crippen molar-refractivity contribution in [2.24, 2.45) is 0 Å². The van der Waals surface area contributed by atoms with E-state index in [9.17, 15) is 0 Å². The summed E-state index contributed by atoms with van der Waals surface area (Å²) in [6.45, 7) is 0. The highest BCUT2D eigenvalue weighted by Gasteiger charge is 2.18. The van der Waals surface area contributed by atoms with Crippen molar-refractivity contribution in [3.05, 3.63) is 113 Å². The number of benzene rings is 3. The smallest absolute Gasteiger partial charge is 0.0124 e. The molecule has 4 rings (SSSR count). The first-order valence-corrected chi connectivity index (χ1v) is 11.3. The van der Waals surface area contributed by atoms with E-state index in [0.717, 1.165) is 25.7 Å². The molecule has 1 heteroatoms. The van der Waals surface area contributed by atoms with Gasteiger partial charge in [0, 0.05) is 6.04 Å². The first-order valence-electron chi connectivity index (χ1n) is 11.3. The molecule has 1 unspecified atom stereocenters. The fourth-order valence-corrected chi connectivity index (χ4v) is 4.66. The fourth-order valence-electron chi connectivity index (χ4n) is 4.66. The van der Waals surface area contributed by atoms with Gasteiger partial charge >= 0.3 is 0 Å². The minimum Gasteiger partial charge on any atom is -0.306 e. The third kappa shape index (κ3) is 4.91. The van der Waals surface area contributed by atoms with Gasteiger partial charge in [-0.2, -0.15) is 0 Å². The van der Waals surface area contributed by atoms with Crippen molar-refractivity contribution < 1.29 is 0 Å². The van der Waals surface area contributed by atoms with Crippen LogP contribution >= 0.6 is 0 Å². The van der Waals surface area contributed by atoms with E-state index in [-0.39, 0.29) is 0 Å². The average molecular weight is 396 g/mol. The van der Waals surface area contributed by atoms with Gasteiger partial charge in [0.25, 0.3) is 0 Å². The van der Waals surface area contributed by atoms with Gasteiger partial charge in [-0.15, -0.1) is 0 Å². The van der Waals surface area contributed by atoms with Crippen LogP contribution in [0.25, 0.3) is 5.57 Å². The number of aryl methyl sites for hydroxylation is 3. The third-order valence-electron chi connectivity index (χ3n) is 6.45. The summed E-state index contributed by atoms with van der Waals surface area (Å²) in [5, 5.41) is 0. The van der Waals surface area contributed by atoms with Crippen LogP contribution in [0.2, 0.25) is 0 Å². The van der Waals surface area contributed by atoms with E-state index in [4.69, 9.17) is 0 Å². The Morgan fingerprint density at radius 2 is 1.33 bits per heavy atom. The molecule has 1 atom stereocenters. The molecule has 0 aliphatic heterocycles. The summed E-state index contributed by atoms with van der Waals surface area (Å²) >= 11 is 0. The van der Waals surface area contributed by atoms with Crippen molar-refractivity contribution in [2.45, 2.75) is 44.6 Å². The number of nitrogens with zero attached hydrogens (tertiary/aromatic N) is 1. The Bertz CT molecular complexity index is 935. The van der Waals surface area contributed by atoms with Crippen molar-refractivity contribution in [3.63, 3.8) is 0 Å². The standard InChI is InChI=1S/C29H33N/c1-30(2)26(16-10-13-23-11-4-3-5-12-23)21-22-29-27-17-8-6-14-24(27)19-20-25-15-7-9-18-28(25)29/h3-9,11-12,14-15,17-18,22,26H,10,13,16,19-21H2,1-2H3. The van der Waals surface area contributed by atoms with Gasteiger partial charge in [-0.05, 0) is 86.0 Å². The van der Waals surface area contributed by atoms with Crippen molar-refractivity contribution in [1.29, 1.82) is 0 Å². The molecule has 0 heterocycles. The van der Waals surface area contributed by atoms with Gasteiger partial charge in [0.2, 0.25) is 0 Å². The van der Waals surface area contributed by atoms with Crippen LogP contribution in [-0.2, 0) is 19.3 Å². The van der Waals surface area contributed by atoms with Crippen LogP contribution in [0.4, 0.5) is 0 Å². The predicted molar refractivity (Wildman–Crippen MR) is 129 cm³/mol. The van der Waals surface area contributed by atoms with Crippen LogP contribution < -0.4 is 0 Å². The van der Waals surface area contributed by atoms with Gasteiger partial charge < -0.3 is 4.90 Å². The van der Waals surface area contributed by atoms with Crippen molar-refractivity contribution in [3.8, 4) is 0 Å². The Balaban J connectivity index is 1.55. The van der Waals surface area contributed by atoms with Crippen molar-refractivity contribution in [1.82, 2.24) is 4.90 Å². The van der Waals surface area contributed by atoms with E-state index in [0.29, 0.717) is 6.04 Å². The predicted octanol–water partition coefficient (Wildman–Crippen LogP) is 6.56. The summed E-state index contributed by atoms with van der Waals surface area (Å²) in [6.07, 6.45) is 9.44. The Labute approximate surface area is 182 Å². The molecule has 0 bridgehead atoms. The second kappa shape index (κ2) is 9.91. The van der Waals surface area contributed by atoms with Crippen LogP contribution in [0.15, 0.2) is 84.9 Å². The summed E-state index contributed by atoms with van der Waals surface area (Å²) in [7, 11) is 4.45. The monoisotopic (exact) mass is 395 g/mol. The molecule has 0 spiro atoms. The molecule has 0 saturated carbocycles. The molecule has 1 aliphatic carbocycles.